The Hall–Kier alpha value is -2.55. The lowest BCUT2D eigenvalue weighted by Crippen LogP contribution is -1.91. The van der Waals surface area contributed by atoms with E-state index in [4.69, 9.17) is 9.05 Å². The first-order valence-electron chi connectivity index (χ1n) is 8.74. The van der Waals surface area contributed by atoms with Crippen molar-refractivity contribution in [2.45, 2.75) is 0 Å². The highest BCUT2D eigenvalue weighted by Crippen LogP contribution is 2.43. The van der Waals surface area contributed by atoms with Gasteiger partial charge in [0.2, 0.25) is 14.7 Å². The molecule has 0 radical (unpaired) electrons. The fourth-order valence-electron chi connectivity index (χ4n) is 2.32. The topological polar surface area (TPSA) is 89.9 Å². The van der Waals surface area contributed by atoms with Crippen LogP contribution < -0.4 is 9.05 Å². The molecule has 0 aliphatic carbocycles. The summed E-state index contributed by atoms with van der Waals surface area (Å²) in [5, 5.41) is 10.2. The molecule has 2 aromatic carbocycles. The molecule has 0 spiro atoms. The van der Waals surface area contributed by atoms with Gasteiger partial charge in [0, 0.05) is 32.2 Å². The van der Waals surface area contributed by atoms with Gasteiger partial charge in [-0.05, 0) is 42.0 Å². The third-order valence-corrected chi connectivity index (χ3v) is 4.69. The van der Waals surface area contributed by atoms with Crippen LogP contribution >= 0.6 is 14.7 Å². The van der Waals surface area contributed by atoms with E-state index in [1.165, 1.54) is 51.0 Å². The number of benzene rings is 2. The molecule has 154 valence electrons. The van der Waals surface area contributed by atoms with Crippen LogP contribution in [0.1, 0.15) is 11.1 Å². The summed E-state index contributed by atoms with van der Waals surface area (Å²) in [6.07, 6.45) is 5.74. The van der Waals surface area contributed by atoms with E-state index in [9.17, 15) is 19.0 Å². The first kappa shape index (κ1) is 22.7. The molecular weight excluding hydrogens is 410 g/mol. The fourth-order valence-corrected chi connectivity index (χ4v) is 3.56. The Bertz CT molecular complexity index is 1040. The average molecular weight is 434 g/mol. The van der Waals surface area contributed by atoms with E-state index in [1.807, 2.05) is 0 Å². The first-order chi connectivity index (χ1) is 13.4. The summed E-state index contributed by atoms with van der Waals surface area (Å²) in [4.78, 5) is 12.1. The van der Waals surface area contributed by atoms with E-state index >= 15 is 0 Å². The smallest absolute Gasteiger partial charge is 0.242 e. The van der Waals surface area contributed by atoms with Gasteiger partial charge >= 0.3 is 0 Å². The molecule has 0 amide bonds. The molecule has 0 atom stereocenters. The summed E-state index contributed by atoms with van der Waals surface area (Å²) in [5.41, 5.74) is 1.09. The van der Waals surface area contributed by atoms with Crippen LogP contribution in [0.3, 0.4) is 0 Å². The van der Waals surface area contributed by atoms with Gasteiger partial charge in [-0.15, -0.1) is 0 Å². The molecule has 0 fully saturated rings. The lowest BCUT2D eigenvalue weighted by molar-refractivity contribution is -0.110. The number of hydrogen-bond acceptors (Lipinski definition) is 6. The highest BCUT2D eigenvalue weighted by atomic mass is 31.2. The summed E-state index contributed by atoms with van der Waals surface area (Å²) in [6.45, 7) is 5.95. The Kier molecular flexibility index (Phi) is 7.29. The fraction of sp³-hybridized carbons (Fsp3) is 0.190. The van der Waals surface area contributed by atoms with Crippen LogP contribution in [0.5, 0.6) is 17.2 Å². The molecule has 1 N–H and O–H groups in total. The van der Waals surface area contributed by atoms with Gasteiger partial charge in [0.05, 0.1) is 0 Å². The van der Waals surface area contributed by atoms with Crippen LogP contribution in [-0.4, -0.2) is 37.5 Å². The summed E-state index contributed by atoms with van der Waals surface area (Å²) in [6, 6.07) is 11.7. The van der Waals surface area contributed by atoms with Crippen LogP contribution in [0, 0.1) is 0 Å². The number of hydrogen-bond donors (Lipinski definition) is 1. The second-order valence-corrected chi connectivity index (χ2v) is 12.4. The molecule has 0 saturated carbocycles. The van der Waals surface area contributed by atoms with Crippen molar-refractivity contribution in [3.05, 3.63) is 65.7 Å². The normalized spacial score (nSPS) is 12.4. The number of carbonyl (C=O) groups excluding carboxylic acids is 1. The van der Waals surface area contributed by atoms with Gasteiger partial charge in [-0.2, -0.15) is 0 Å². The van der Waals surface area contributed by atoms with Gasteiger partial charge in [0.15, 0.2) is 17.3 Å². The predicted molar refractivity (Wildman–Crippen MR) is 118 cm³/mol. The van der Waals surface area contributed by atoms with E-state index in [2.05, 4.69) is 0 Å². The van der Waals surface area contributed by atoms with Gasteiger partial charge in [0.25, 0.3) is 0 Å². The Balaban J connectivity index is 2.11. The van der Waals surface area contributed by atoms with Crippen molar-refractivity contribution in [3.8, 4) is 17.2 Å². The van der Waals surface area contributed by atoms with Crippen LogP contribution in [-0.2, 0) is 13.9 Å². The largest absolute Gasteiger partial charge is 0.504 e. The first-order valence-corrected chi connectivity index (χ1v) is 13.8. The minimum absolute atomic E-state index is 0.101. The minimum Gasteiger partial charge on any atom is -0.504 e. The number of allylic oxidation sites excluding steroid dienone is 2. The van der Waals surface area contributed by atoms with Crippen molar-refractivity contribution < 1.29 is 28.1 Å². The Morgan fingerprint density at radius 1 is 0.897 bits per heavy atom. The molecule has 0 heterocycles. The maximum atomic E-state index is 12.1. The second-order valence-electron chi connectivity index (χ2n) is 7.02. The number of aromatic hydroxyl groups is 1. The third-order valence-electron chi connectivity index (χ3n) is 3.40. The number of carbonyl (C=O) groups is 1. The molecule has 0 aliphatic rings. The van der Waals surface area contributed by atoms with E-state index in [-0.39, 0.29) is 17.3 Å². The molecule has 29 heavy (non-hydrogen) atoms. The zero-order chi connectivity index (χ0) is 21.7. The van der Waals surface area contributed by atoms with Crippen molar-refractivity contribution >= 4 is 32.7 Å². The van der Waals surface area contributed by atoms with Crippen LogP contribution in [0.15, 0.2) is 54.6 Å². The van der Waals surface area contributed by atoms with Crippen molar-refractivity contribution in [2.75, 3.05) is 26.7 Å². The van der Waals surface area contributed by atoms with Crippen LogP contribution in [0.2, 0.25) is 0 Å². The predicted octanol–water partition coefficient (Wildman–Crippen LogP) is 5.52. The maximum Gasteiger partial charge on any atom is 0.242 e. The second kappa shape index (κ2) is 9.30. The van der Waals surface area contributed by atoms with Crippen molar-refractivity contribution in [2.24, 2.45) is 0 Å². The standard InChI is InChI=1S/C21H24O6P2/c1-28(2,24)26-19-9-5-7-16(15-19)11-13-18(22)14-12-17-8-6-10-20(21(17)23)27-29(3,4)25/h5-15,23H,1-4H3. The van der Waals surface area contributed by atoms with E-state index in [0.717, 1.165) is 5.56 Å². The lowest BCUT2D eigenvalue weighted by atomic mass is 10.1. The van der Waals surface area contributed by atoms with Gasteiger partial charge < -0.3 is 14.2 Å². The molecule has 0 aliphatic heterocycles. The number of ketones is 1. The van der Waals surface area contributed by atoms with E-state index in [1.54, 1.807) is 42.5 Å². The number of rotatable bonds is 8. The van der Waals surface area contributed by atoms with Gasteiger partial charge in [-0.3, -0.25) is 13.9 Å². The Labute approximate surface area is 170 Å². The third kappa shape index (κ3) is 8.15. The Morgan fingerprint density at radius 3 is 2.17 bits per heavy atom. The zero-order valence-electron chi connectivity index (χ0n) is 16.7. The molecule has 0 aromatic heterocycles. The molecule has 0 saturated heterocycles. The number of para-hydroxylation sites is 1. The number of phenolic OH excluding ortho intramolecular Hbond substituents is 1. The summed E-state index contributed by atoms with van der Waals surface area (Å²) >= 11 is 0. The summed E-state index contributed by atoms with van der Waals surface area (Å²) < 4.78 is 34.2. The molecular formula is C21H24O6P2. The summed E-state index contributed by atoms with van der Waals surface area (Å²) in [7, 11) is -5.49. The van der Waals surface area contributed by atoms with Crippen LogP contribution in [0.25, 0.3) is 12.2 Å². The maximum absolute atomic E-state index is 12.1. The van der Waals surface area contributed by atoms with E-state index in [0.29, 0.717) is 11.3 Å². The highest BCUT2D eigenvalue weighted by Gasteiger charge is 2.14. The average Bonchev–Trinajstić information content (AvgIpc) is 2.58. The quantitative estimate of drug-likeness (QED) is 0.435. The van der Waals surface area contributed by atoms with Crippen molar-refractivity contribution in [3.63, 3.8) is 0 Å². The van der Waals surface area contributed by atoms with Crippen molar-refractivity contribution in [1.29, 1.82) is 0 Å². The van der Waals surface area contributed by atoms with Gasteiger partial charge in [-0.25, -0.2) is 0 Å². The molecule has 0 unspecified atom stereocenters. The molecule has 8 heteroatoms. The van der Waals surface area contributed by atoms with E-state index < -0.39 is 14.7 Å². The number of phenols is 1. The molecule has 2 aromatic rings. The molecule has 0 bridgehead atoms. The SMILES string of the molecule is CP(C)(=O)Oc1cccc(C=CC(=O)C=Cc2cccc(OP(C)(C)=O)c2O)c1. The minimum atomic E-state index is -2.82. The zero-order valence-corrected chi connectivity index (χ0v) is 18.5. The lowest BCUT2D eigenvalue weighted by Gasteiger charge is -2.12. The summed E-state index contributed by atoms with van der Waals surface area (Å²) in [5.74, 6) is 0.0898. The monoisotopic (exact) mass is 434 g/mol. The van der Waals surface area contributed by atoms with Gasteiger partial charge in [-0.1, -0.05) is 30.3 Å². The Morgan fingerprint density at radius 2 is 1.52 bits per heavy atom. The highest BCUT2D eigenvalue weighted by molar-refractivity contribution is 7.58. The van der Waals surface area contributed by atoms with Crippen LogP contribution in [0.4, 0.5) is 0 Å². The molecule has 6 nitrogen and oxygen atoms in total. The molecule has 2 rings (SSSR count). The van der Waals surface area contributed by atoms with Crippen molar-refractivity contribution in [1.82, 2.24) is 0 Å². The van der Waals surface area contributed by atoms with Gasteiger partial charge in [0.1, 0.15) is 5.75 Å².